The number of pyridine rings is 1. The Morgan fingerprint density at radius 2 is 2.36 bits per heavy atom. The molecular weight excluding hydrogens is 419 g/mol. The lowest BCUT2D eigenvalue weighted by atomic mass is 10.0. The van der Waals surface area contributed by atoms with E-state index in [-0.39, 0.29) is 21.8 Å². The average Bonchev–Trinajstić information content (AvgIpc) is 2.96. The summed E-state index contributed by atoms with van der Waals surface area (Å²) in [5.41, 5.74) is -1.80. The maximum atomic E-state index is 14.0. The van der Waals surface area contributed by atoms with Crippen LogP contribution < -0.4 is 10.1 Å². The summed E-state index contributed by atoms with van der Waals surface area (Å²) >= 11 is 0. The SMILES string of the molecule is [2H]/C(C(=O)Cc1c(OC([2H])([2H])C([2H])([2H])[2H])c([2H])c2nc([2H])c(C#N)c(Nc3ccc(F)c(C)c3)c2c1[2H])=C(/[2H])C([2H])([2H])N(C)C([2H])([2H])[2H]. The number of nitriles is 1. The number of nitrogens with zero attached hydrogens (tertiary/aromatic N) is 3. The van der Waals surface area contributed by atoms with Gasteiger partial charge in [0.05, 0.1) is 32.9 Å². The molecule has 0 fully saturated rings. The summed E-state index contributed by atoms with van der Waals surface area (Å²) in [6.45, 7) is -11.9. The van der Waals surface area contributed by atoms with E-state index in [1.165, 1.54) is 19.1 Å². The molecule has 0 saturated heterocycles. The minimum absolute atomic E-state index is 0.125. The number of halogens is 1. The van der Waals surface area contributed by atoms with Crippen LogP contribution >= 0.6 is 0 Å². The van der Waals surface area contributed by atoms with Gasteiger partial charge in [-0.2, -0.15) is 5.26 Å². The van der Waals surface area contributed by atoms with E-state index < -0.39 is 103 Å². The predicted molar refractivity (Wildman–Crippen MR) is 128 cm³/mol. The highest BCUT2D eigenvalue weighted by molar-refractivity contribution is 5.98. The molecule has 170 valence electrons. The molecule has 0 aliphatic heterocycles. The second-order valence-corrected chi connectivity index (χ2v) is 6.68. The van der Waals surface area contributed by atoms with Gasteiger partial charge in [-0.3, -0.25) is 9.78 Å². The van der Waals surface area contributed by atoms with E-state index in [4.69, 9.17) is 25.3 Å². The number of fused-ring (bicyclic) bond motifs is 1. The number of hydrogen-bond donors (Lipinski definition) is 1. The van der Waals surface area contributed by atoms with E-state index in [2.05, 4.69) is 10.3 Å². The van der Waals surface area contributed by atoms with E-state index in [0.717, 1.165) is 13.1 Å². The van der Waals surface area contributed by atoms with Crippen molar-refractivity contribution < 1.29 is 34.5 Å². The number of anilines is 2. The molecule has 6 nitrogen and oxygen atoms in total. The fourth-order valence-electron chi connectivity index (χ4n) is 2.79. The minimum atomic E-state index is -3.55. The molecule has 1 aromatic heterocycles. The van der Waals surface area contributed by atoms with Crippen molar-refractivity contribution in [2.45, 2.75) is 20.2 Å². The average molecular weight is 462 g/mol. The maximum Gasteiger partial charge on any atom is 0.159 e. The van der Waals surface area contributed by atoms with Crippen molar-refractivity contribution in [1.29, 1.82) is 5.26 Å². The van der Waals surface area contributed by atoms with Crippen LogP contribution in [0.4, 0.5) is 15.8 Å². The van der Waals surface area contributed by atoms with Gasteiger partial charge in [0.25, 0.3) is 0 Å². The lowest BCUT2D eigenvalue weighted by Gasteiger charge is -2.15. The summed E-state index contributed by atoms with van der Waals surface area (Å²) in [5, 5.41) is 12.2. The summed E-state index contributed by atoms with van der Waals surface area (Å²) in [5.74, 6) is -3.04. The number of carbonyl (C=O) groups excluding carboxylic acids is 1. The number of benzene rings is 2. The Hall–Kier alpha value is -3.76. The highest BCUT2D eigenvalue weighted by atomic mass is 19.1. The Labute approximate surface area is 214 Å². The number of ketones is 1. The molecule has 0 bridgehead atoms. The molecular formula is C26H27FN4O2. The Kier molecular flexibility index (Phi) is 3.54. The first kappa shape index (κ1) is 10.9. The molecule has 0 saturated carbocycles. The van der Waals surface area contributed by atoms with Crippen LogP contribution in [-0.4, -0.2) is 42.7 Å². The Bertz CT molecular complexity index is 1870. The van der Waals surface area contributed by atoms with Gasteiger partial charge in [-0.1, -0.05) is 6.05 Å². The molecule has 3 rings (SSSR count). The second kappa shape index (κ2) is 10.7. The topological polar surface area (TPSA) is 78.2 Å². The van der Waals surface area contributed by atoms with Crippen molar-refractivity contribution in [3.05, 3.63) is 71.1 Å². The third-order valence-corrected chi connectivity index (χ3v) is 4.25. The zero-order valence-electron chi connectivity index (χ0n) is 32.5. The second-order valence-electron chi connectivity index (χ2n) is 6.68. The van der Waals surface area contributed by atoms with Crippen molar-refractivity contribution in [3.8, 4) is 11.8 Å². The van der Waals surface area contributed by atoms with Crippen molar-refractivity contribution in [1.82, 2.24) is 9.88 Å². The molecule has 7 heteroatoms. The summed E-state index contributed by atoms with van der Waals surface area (Å²) in [6, 6.07) is 0.874. The predicted octanol–water partition coefficient (Wildman–Crippen LogP) is 4.93. The molecule has 0 amide bonds. The zero-order chi connectivity index (χ0) is 36.9. The Morgan fingerprint density at radius 1 is 1.52 bits per heavy atom. The lowest BCUT2D eigenvalue weighted by molar-refractivity contribution is -0.114. The number of carbonyl (C=O) groups is 1. The summed E-state index contributed by atoms with van der Waals surface area (Å²) in [6.07, 6.45) is -1.94. The number of aryl methyl sites for hydroxylation is 1. The normalized spacial score (nSPS) is 20.0. The van der Waals surface area contributed by atoms with Crippen molar-refractivity contribution in [3.63, 3.8) is 0 Å². The molecule has 0 radical (unpaired) electrons. The first-order chi connectivity index (χ1) is 21.8. The first-order valence-electron chi connectivity index (χ1n) is 16.8. The highest BCUT2D eigenvalue weighted by Crippen LogP contribution is 2.34. The van der Waals surface area contributed by atoms with Crippen LogP contribution in [0.1, 0.15) is 44.1 Å². The number of nitrogens with one attached hydrogen (secondary N) is 1. The van der Waals surface area contributed by atoms with Crippen LogP contribution in [0.25, 0.3) is 10.9 Å². The van der Waals surface area contributed by atoms with Gasteiger partial charge in [0.1, 0.15) is 17.6 Å². The van der Waals surface area contributed by atoms with Crippen LogP contribution in [0.3, 0.4) is 0 Å². The summed E-state index contributed by atoms with van der Waals surface area (Å²) < 4.78 is 138. The van der Waals surface area contributed by atoms with Gasteiger partial charge in [-0.25, -0.2) is 4.39 Å². The van der Waals surface area contributed by atoms with E-state index >= 15 is 0 Å². The van der Waals surface area contributed by atoms with Gasteiger partial charge in [0.15, 0.2) is 5.78 Å². The Balaban J connectivity index is 2.41. The van der Waals surface area contributed by atoms with E-state index in [0.29, 0.717) is 0 Å². The monoisotopic (exact) mass is 461 g/mol. The molecule has 0 aliphatic rings. The van der Waals surface area contributed by atoms with Gasteiger partial charge in [-0.05, 0) is 63.7 Å². The maximum absolute atomic E-state index is 14.0. The zero-order valence-corrected chi connectivity index (χ0v) is 17.5. The van der Waals surface area contributed by atoms with Gasteiger partial charge >= 0.3 is 0 Å². The minimum Gasteiger partial charge on any atom is -0.494 e. The van der Waals surface area contributed by atoms with Crippen molar-refractivity contribution in [2.24, 2.45) is 0 Å². The quantitative estimate of drug-likeness (QED) is 0.456. The Morgan fingerprint density at radius 3 is 3.09 bits per heavy atom. The van der Waals surface area contributed by atoms with Crippen LogP contribution in [-0.2, 0) is 11.2 Å². The fourth-order valence-corrected chi connectivity index (χ4v) is 2.79. The summed E-state index contributed by atoms with van der Waals surface area (Å²) in [4.78, 5) is 17.4. The molecule has 1 heterocycles. The largest absolute Gasteiger partial charge is 0.494 e. The van der Waals surface area contributed by atoms with Crippen molar-refractivity contribution in [2.75, 3.05) is 32.4 Å². The van der Waals surface area contributed by atoms with E-state index in [1.54, 1.807) is 6.07 Å². The number of allylic oxidation sites excluding steroid dienone is 1. The van der Waals surface area contributed by atoms with Crippen LogP contribution in [0, 0.1) is 24.1 Å². The third-order valence-electron chi connectivity index (χ3n) is 4.25. The van der Waals surface area contributed by atoms with Gasteiger partial charge < -0.3 is 15.0 Å². The van der Waals surface area contributed by atoms with Gasteiger partial charge in [0, 0.05) is 52.7 Å². The number of likely N-dealkylation sites (N-methyl/N-ethyl adjacent to an activating group) is 1. The number of aromatic nitrogens is 1. The lowest BCUT2D eigenvalue weighted by Crippen LogP contribution is -2.11. The molecule has 3 aromatic rings. The number of ether oxygens (including phenoxy) is 1. The molecule has 0 aliphatic carbocycles. The number of rotatable bonds is 9. The first-order valence-corrected chi connectivity index (χ1v) is 9.31. The highest BCUT2D eigenvalue weighted by Gasteiger charge is 2.16. The fraction of sp³-hybridized carbons (Fsp3) is 0.269. The van der Waals surface area contributed by atoms with Crippen molar-refractivity contribution >= 4 is 28.1 Å². The van der Waals surface area contributed by atoms with Crippen LogP contribution in [0.2, 0.25) is 0 Å². The molecule has 0 atom stereocenters. The van der Waals surface area contributed by atoms with E-state index in [1.807, 2.05) is 0 Å². The standard InChI is InChI=1S/C26H27FN4O2/c1-5-33-25-14-24-22(13-18(25)12-21(32)7-6-10-31(3)4)26(19(15-28)16-29-24)30-20-8-9-23(27)17(2)11-20/h6-9,11,13-14,16H,5,10,12H2,1-4H3,(H,29,30)/b7-6+/i1D3,3D3,5D2,6D,7D,10D2,13D,14D,16D. The third kappa shape index (κ3) is 5.93. The smallest absolute Gasteiger partial charge is 0.159 e. The number of hydrogen-bond acceptors (Lipinski definition) is 6. The van der Waals surface area contributed by atoms with Crippen LogP contribution in [0.15, 0.2) is 48.6 Å². The molecule has 0 unspecified atom stereocenters. The van der Waals surface area contributed by atoms with Crippen LogP contribution in [0.5, 0.6) is 5.75 Å². The molecule has 1 N–H and O–H groups in total. The molecule has 0 spiro atoms. The summed E-state index contributed by atoms with van der Waals surface area (Å²) in [7, 11) is 0.789. The van der Waals surface area contributed by atoms with Gasteiger partial charge in [0.2, 0.25) is 0 Å². The molecule has 33 heavy (non-hydrogen) atoms. The van der Waals surface area contributed by atoms with E-state index in [9.17, 15) is 14.4 Å². The molecule has 2 aromatic carbocycles. The van der Waals surface area contributed by atoms with Gasteiger partial charge in [-0.15, -0.1) is 0 Å².